The molecule has 236 valence electrons. The highest BCUT2D eigenvalue weighted by atomic mass is 35.5. The number of carbonyl (C=O) groups is 2. The number of carbonyl (C=O) groups excluding carboxylic acids is 2. The summed E-state index contributed by atoms with van der Waals surface area (Å²) in [4.78, 5) is 29.6. The summed E-state index contributed by atoms with van der Waals surface area (Å²) in [6.07, 6.45) is 0.205. The van der Waals surface area contributed by atoms with Crippen molar-refractivity contribution in [2.24, 2.45) is 5.92 Å². The number of amides is 2. The van der Waals surface area contributed by atoms with Crippen molar-refractivity contribution in [2.45, 2.75) is 44.7 Å². The van der Waals surface area contributed by atoms with Crippen LogP contribution >= 0.6 is 11.6 Å². The lowest BCUT2D eigenvalue weighted by Gasteiger charge is -2.34. The second-order valence-corrected chi connectivity index (χ2v) is 13.5. The Morgan fingerprint density at radius 1 is 0.867 bits per heavy atom. The number of nitrogens with one attached hydrogen (secondary N) is 1. The molecule has 0 unspecified atom stereocenters. The van der Waals surface area contributed by atoms with E-state index in [1.807, 2.05) is 75.4 Å². The monoisotopic (exact) mass is 649 g/mol. The van der Waals surface area contributed by atoms with Gasteiger partial charge in [0.15, 0.2) is 0 Å². The molecule has 0 aliphatic rings. The van der Waals surface area contributed by atoms with Crippen LogP contribution in [0, 0.1) is 18.7 Å². The maximum absolute atomic E-state index is 14.4. The van der Waals surface area contributed by atoms with E-state index in [1.165, 1.54) is 29.2 Å². The van der Waals surface area contributed by atoms with Gasteiger partial charge in [0.1, 0.15) is 18.4 Å². The van der Waals surface area contributed by atoms with Gasteiger partial charge in [-0.3, -0.25) is 13.9 Å². The third kappa shape index (κ3) is 8.93. The average Bonchev–Trinajstić information content (AvgIpc) is 3.03. The van der Waals surface area contributed by atoms with E-state index >= 15 is 0 Å². The first kappa shape index (κ1) is 33.7. The van der Waals surface area contributed by atoms with E-state index in [2.05, 4.69) is 5.32 Å². The van der Waals surface area contributed by atoms with Gasteiger partial charge in [-0.25, -0.2) is 12.8 Å². The van der Waals surface area contributed by atoms with Crippen LogP contribution in [-0.4, -0.2) is 44.3 Å². The smallest absolute Gasteiger partial charge is 0.264 e. The number of hydrogen-bond donors (Lipinski definition) is 1. The number of aryl methyl sites for hydroxylation is 1. The molecule has 4 aromatic carbocycles. The summed E-state index contributed by atoms with van der Waals surface area (Å²) in [7, 11) is -4.31. The minimum absolute atomic E-state index is 0.0118. The number of nitrogens with zero attached hydrogens (tertiary/aromatic N) is 2. The average molecular weight is 650 g/mol. The van der Waals surface area contributed by atoms with E-state index in [0.717, 1.165) is 27.1 Å². The number of hydrogen-bond acceptors (Lipinski definition) is 4. The fourth-order valence-electron chi connectivity index (χ4n) is 4.76. The van der Waals surface area contributed by atoms with Crippen LogP contribution in [0.1, 0.15) is 30.5 Å². The van der Waals surface area contributed by atoms with Crippen LogP contribution in [0.15, 0.2) is 108 Å². The van der Waals surface area contributed by atoms with Crippen molar-refractivity contribution in [2.75, 3.05) is 17.4 Å². The van der Waals surface area contributed by atoms with Crippen LogP contribution in [0.2, 0.25) is 5.02 Å². The third-order valence-electron chi connectivity index (χ3n) is 7.23. The SMILES string of the molecule is Cc1ccc(CN(C(=O)CN(c2ccc(F)c(Cl)c2)S(=O)(=O)c2ccccc2)[C@H](Cc2ccccc2)C(=O)NCC(C)C)cc1. The Bertz CT molecular complexity index is 1700. The molecule has 2 amide bonds. The van der Waals surface area contributed by atoms with Crippen LogP contribution in [0.5, 0.6) is 0 Å². The van der Waals surface area contributed by atoms with Gasteiger partial charge < -0.3 is 10.2 Å². The van der Waals surface area contributed by atoms with E-state index in [1.54, 1.807) is 18.2 Å². The largest absolute Gasteiger partial charge is 0.354 e. The number of rotatable bonds is 13. The van der Waals surface area contributed by atoms with Crippen molar-refractivity contribution in [3.63, 3.8) is 0 Å². The molecule has 4 aromatic rings. The summed E-state index contributed by atoms with van der Waals surface area (Å²) >= 11 is 6.07. The Labute approximate surface area is 269 Å². The van der Waals surface area contributed by atoms with Gasteiger partial charge in [0, 0.05) is 19.5 Å². The van der Waals surface area contributed by atoms with Gasteiger partial charge in [0.05, 0.1) is 15.6 Å². The fourth-order valence-corrected chi connectivity index (χ4v) is 6.36. The molecule has 1 N–H and O–H groups in total. The standard InChI is InChI=1S/C35H37ClFN3O4S/c1-25(2)22-38-35(42)33(20-27-10-6-4-7-11-27)39(23-28-16-14-26(3)15-17-28)34(41)24-40(29-18-19-32(37)31(36)21-29)45(43,44)30-12-8-5-9-13-30/h4-19,21,25,33H,20,22-24H2,1-3H3,(H,38,42)/t33-/m1/s1. The Balaban J connectivity index is 1.80. The van der Waals surface area contributed by atoms with Gasteiger partial charge in [0.2, 0.25) is 11.8 Å². The van der Waals surface area contributed by atoms with Gasteiger partial charge in [-0.1, -0.05) is 104 Å². The van der Waals surface area contributed by atoms with E-state index in [9.17, 15) is 22.4 Å². The van der Waals surface area contributed by atoms with E-state index in [4.69, 9.17) is 11.6 Å². The maximum Gasteiger partial charge on any atom is 0.264 e. The molecule has 0 saturated carbocycles. The molecule has 0 spiro atoms. The number of benzene rings is 4. The van der Waals surface area contributed by atoms with Crippen molar-refractivity contribution in [3.8, 4) is 0 Å². The molecule has 1 atom stereocenters. The lowest BCUT2D eigenvalue weighted by atomic mass is 10.0. The highest BCUT2D eigenvalue weighted by Crippen LogP contribution is 2.28. The predicted molar refractivity (Wildman–Crippen MR) is 176 cm³/mol. The molecule has 0 radical (unpaired) electrons. The molecule has 7 nitrogen and oxygen atoms in total. The van der Waals surface area contributed by atoms with Crippen molar-refractivity contribution in [3.05, 3.63) is 131 Å². The summed E-state index contributed by atoms with van der Waals surface area (Å²) in [5.41, 5.74) is 2.65. The Hall–Kier alpha value is -4.21. The minimum atomic E-state index is -4.31. The van der Waals surface area contributed by atoms with E-state index < -0.39 is 34.3 Å². The Kier molecular flexibility index (Phi) is 11.4. The zero-order chi connectivity index (χ0) is 32.6. The molecular weight excluding hydrogens is 613 g/mol. The molecule has 0 aliphatic heterocycles. The van der Waals surface area contributed by atoms with Crippen LogP contribution in [-0.2, 0) is 32.6 Å². The lowest BCUT2D eigenvalue weighted by Crippen LogP contribution is -2.53. The van der Waals surface area contributed by atoms with Gasteiger partial charge >= 0.3 is 0 Å². The normalized spacial score (nSPS) is 12.0. The molecule has 0 aliphatic carbocycles. The quantitative estimate of drug-likeness (QED) is 0.182. The van der Waals surface area contributed by atoms with E-state index in [-0.39, 0.29) is 40.4 Å². The van der Waals surface area contributed by atoms with Crippen LogP contribution < -0.4 is 9.62 Å². The maximum atomic E-state index is 14.4. The zero-order valence-electron chi connectivity index (χ0n) is 25.5. The first-order chi connectivity index (χ1) is 21.5. The highest BCUT2D eigenvalue weighted by molar-refractivity contribution is 7.92. The second-order valence-electron chi connectivity index (χ2n) is 11.3. The van der Waals surface area contributed by atoms with Crippen LogP contribution in [0.4, 0.5) is 10.1 Å². The van der Waals surface area contributed by atoms with Crippen molar-refractivity contribution >= 4 is 39.1 Å². The van der Waals surface area contributed by atoms with Gasteiger partial charge in [0.25, 0.3) is 10.0 Å². The summed E-state index contributed by atoms with van der Waals surface area (Å²) in [6, 6.07) is 27.1. The van der Waals surface area contributed by atoms with Crippen molar-refractivity contribution in [1.82, 2.24) is 10.2 Å². The van der Waals surface area contributed by atoms with Crippen LogP contribution in [0.25, 0.3) is 0 Å². The Morgan fingerprint density at radius 2 is 1.49 bits per heavy atom. The van der Waals surface area contributed by atoms with Crippen molar-refractivity contribution < 1.29 is 22.4 Å². The topological polar surface area (TPSA) is 86.8 Å². The molecule has 0 fully saturated rings. The van der Waals surface area contributed by atoms with E-state index in [0.29, 0.717) is 6.54 Å². The summed E-state index contributed by atoms with van der Waals surface area (Å²) in [5.74, 6) is -1.52. The van der Waals surface area contributed by atoms with Crippen LogP contribution in [0.3, 0.4) is 0 Å². The zero-order valence-corrected chi connectivity index (χ0v) is 27.1. The van der Waals surface area contributed by atoms with Gasteiger partial charge in [-0.2, -0.15) is 0 Å². The summed E-state index contributed by atoms with van der Waals surface area (Å²) in [5, 5.41) is 2.67. The molecule has 4 rings (SSSR count). The number of halogens is 2. The second kappa shape index (κ2) is 15.2. The number of anilines is 1. The third-order valence-corrected chi connectivity index (χ3v) is 9.31. The first-order valence-corrected chi connectivity index (χ1v) is 16.5. The van der Waals surface area contributed by atoms with Gasteiger partial charge in [-0.05, 0) is 54.3 Å². The van der Waals surface area contributed by atoms with Crippen molar-refractivity contribution in [1.29, 1.82) is 0 Å². The first-order valence-electron chi connectivity index (χ1n) is 14.6. The molecule has 45 heavy (non-hydrogen) atoms. The summed E-state index contributed by atoms with van der Waals surface area (Å²) < 4.78 is 43.0. The molecule has 10 heteroatoms. The molecule has 0 saturated heterocycles. The predicted octanol–water partition coefficient (Wildman–Crippen LogP) is 6.40. The Morgan fingerprint density at radius 3 is 2.09 bits per heavy atom. The molecule has 0 bridgehead atoms. The van der Waals surface area contributed by atoms with Gasteiger partial charge in [-0.15, -0.1) is 0 Å². The number of sulfonamides is 1. The minimum Gasteiger partial charge on any atom is -0.354 e. The molecular formula is C35H37ClFN3O4S. The molecule has 0 heterocycles. The summed E-state index contributed by atoms with van der Waals surface area (Å²) in [6.45, 7) is 5.69. The molecule has 0 aromatic heterocycles. The fraction of sp³-hybridized carbons (Fsp3) is 0.257. The highest BCUT2D eigenvalue weighted by Gasteiger charge is 2.34. The lowest BCUT2D eigenvalue weighted by molar-refractivity contribution is -0.140.